The molecule has 15 heavy (non-hydrogen) atoms. The molecule has 1 aromatic heterocycles. The summed E-state index contributed by atoms with van der Waals surface area (Å²) in [5, 5.41) is 0. The summed E-state index contributed by atoms with van der Waals surface area (Å²) in [6.45, 7) is 6.79. The van der Waals surface area contributed by atoms with E-state index in [2.05, 4.69) is 0 Å². The molecule has 0 aliphatic carbocycles. The molecule has 1 heterocycles. The highest BCUT2D eigenvalue weighted by molar-refractivity contribution is 7.91. The first kappa shape index (κ1) is 12.7. The van der Waals surface area contributed by atoms with E-state index in [1.165, 1.54) is 15.6 Å². The van der Waals surface area contributed by atoms with Gasteiger partial charge in [0.2, 0.25) is 0 Å². The summed E-state index contributed by atoms with van der Waals surface area (Å²) < 4.78 is 26.1. The second-order valence-electron chi connectivity index (χ2n) is 3.16. The zero-order valence-corrected chi connectivity index (χ0v) is 11.0. The molecule has 0 spiro atoms. The van der Waals surface area contributed by atoms with Crippen LogP contribution in [0.5, 0.6) is 0 Å². The van der Waals surface area contributed by atoms with Crippen molar-refractivity contribution in [3.8, 4) is 0 Å². The minimum atomic E-state index is -3.24. The minimum Gasteiger partial charge on any atom is -0.206 e. The smallest absolute Gasteiger partial charge is 0.206 e. The lowest BCUT2D eigenvalue weighted by atomic mass is 10.4. The van der Waals surface area contributed by atoms with Gasteiger partial charge in [-0.05, 0) is 18.6 Å². The molecule has 0 N–H and O–H groups in total. The van der Waals surface area contributed by atoms with Crippen molar-refractivity contribution < 1.29 is 8.42 Å². The van der Waals surface area contributed by atoms with Crippen molar-refractivity contribution in [1.29, 1.82) is 0 Å². The van der Waals surface area contributed by atoms with Crippen LogP contribution in [-0.2, 0) is 16.4 Å². The fourth-order valence-electron chi connectivity index (χ4n) is 1.38. The molecule has 0 fully saturated rings. The van der Waals surface area contributed by atoms with Crippen LogP contribution < -0.4 is 0 Å². The van der Waals surface area contributed by atoms with Crippen LogP contribution in [0.1, 0.15) is 25.6 Å². The Kier molecular flexibility index (Phi) is 4.31. The van der Waals surface area contributed by atoms with Crippen molar-refractivity contribution in [2.45, 2.75) is 31.4 Å². The lowest BCUT2D eigenvalue weighted by Crippen LogP contribution is -2.29. The monoisotopic (exact) mass is 247 g/mol. The Bertz CT molecular complexity index is 405. The second kappa shape index (κ2) is 5.09. The molecule has 0 bridgehead atoms. The second-order valence-corrected chi connectivity index (χ2v) is 6.50. The van der Waals surface area contributed by atoms with Crippen LogP contribution in [0.15, 0.2) is 16.3 Å². The molecule has 0 aromatic carbocycles. The third kappa shape index (κ3) is 2.59. The molecule has 1 rings (SSSR count). The van der Waals surface area contributed by atoms with Gasteiger partial charge in [-0.15, -0.1) is 11.3 Å². The van der Waals surface area contributed by atoms with Crippen LogP contribution in [0.4, 0.5) is 0 Å². The maximum absolute atomic E-state index is 12.1. The quantitative estimate of drug-likeness (QED) is 0.801. The number of aryl methyl sites for hydroxylation is 1. The summed E-state index contributed by atoms with van der Waals surface area (Å²) in [5.74, 6) is 0. The predicted molar refractivity (Wildman–Crippen MR) is 63.8 cm³/mol. The molecule has 1 aromatic rings. The molecule has 3 nitrogen and oxygen atoms in total. The molecular weight excluding hydrogens is 230 g/mol. The number of hydrogen-bond acceptors (Lipinski definition) is 3. The normalized spacial score (nSPS) is 12.3. The summed E-state index contributed by atoms with van der Waals surface area (Å²) in [4.78, 5) is 1.11. The highest BCUT2D eigenvalue weighted by Crippen LogP contribution is 2.24. The van der Waals surface area contributed by atoms with Crippen molar-refractivity contribution in [3.63, 3.8) is 0 Å². The topological polar surface area (TPSA) is 37.4 Å². The lowest BCUT2D eigenvalue weighted by Gasteiger charge is -2.16. The van der Waals surface area contributed by atoms with Crippen molar-refractivity contribution in [1.82, 2.24) is 4.31 Å². The van der Waals surface area contributed by atoms with Crippen LogP contribution >= 0.6 is 11.3 Å². The third-order valence-corrected chi connectivity index (χ3v) is 6.03. The molecule has 0 aliphatic heterocycles. The molecule has 86 valence electrons. The standard InChI is InChI=1S/C10H17NO2S2/c1-4-9-7-8-10(14-9)15(12,13)11(5-2)6-3/h7-8H,4-6H2,1-3H3. The van der Waals surface area contributed by atoms with Gasteiger partial charge in [0.05, 0.1) is 0 Å². The Morgan fingerprint density at radius 2 is 1.80 bits per heavy atom. The van der Waals surface area contributed by atoms with Crippen molar-refractivity contribution in [3.05, 3.63) is 17.0 Å². The van der Waals surface area contributed by atoms with Gasteiger partial charge in [0.1, 0.15) is 4.21 Å². The first-order valence-electron chi connectivity index (χ1n) is 5.15. The van der Waals surface area contributed by atoms with Gasteiger partial charge in [0, 0.05) is 18.0 Å². The fourth-order valence-corrected chi connectivity index (χ4v) is 4.29. The molecule has 0 amide bonds. The van der Waals surface area contributed by atoms with Gasteiger partial charge in [-0.1, -0.05) is 20.8 Å². The van der Waals surface area contributed by atoms with Gasteiger partial charge in [0.15, 0.2) is 0 Å². The average molecular weight is 247 g/mol. The predicted octanol–water partition coefficient (Wildman–Crippen LogP) is 2.34. The van der Waals surface area contributed by atoms with Crippen LogP contribution in [0.3, 0.4) is 0 Å². The summed E-state index contributed by atoms with van der Waals surface area (Å²) in [7, 11) is -3.24. The molecular formula is C10H17NO2S2. The third-order valence-electron chi connectivity index (χ3n) is 2.29. The molecule has 0 radical (unpaired) electrons. The van der Waals surface area contributed by atoms with Crippen molar-refractivity contribution in [2.75, 3.05) is 13.1 Å². The van der Waals surface area contributed by atoms with E-state index in [0.29, 0.717) is 17.3 Å². The van der Waals surface area contributed by atoms with Gasteiger partial charge >= 0.3 is 0 Å². The number of hydrogen-bond donors (Lipinski definition) is 0. The summed E-state index contributed by atoms with van der Waals surface area (Å²) in [6, 6.07) is 3.60. The molecule has 0 atom stereocenters. The summed E-state index contributed by atoms with van der Waals surface area (Å²) in [5.41, 5.74) is 0. The van der Waals surface area contributed by atoms with Gasteiger partial charge in [-0.3, -0.25) is 0 Å². The first-order valence-corrected chi connectivity index (χ1v) is 7.40. The Morgan fingerprint density at radius 1 is 1.20 bits per heavy atom. The van der Waals surface area contributed by atoms with Gasteiger partial charge in [0.25, 0.3) is 10.0 Å². The number of nitrogens with zero attached hydrogens (tertiary/aromatic N) is 1. The van der Waals surface area contributed by atoms with Gasteiger partial charge in [-0.2, -0.15) is 4.31 Å². The van der Waals surface area contributed by atoms with E-state index < -0.39 is 10.0 Å². The van der Waals surface area contributed by atoms with E-state index >= 15 is 0 Å². The van der Waals surface area contributed by atoms with Crippen LogP contribution in [0.2, 0.25) is 0 Å². The fraction of sp³-hybridized carbons (Fsp3) is 0.600. The van der Waals surface area contributed by atoms with Gasteiger partial charge < -0.3 is 0 Å². The molecule has 0 unspecified atom stereocenters. The zero-order valence-electron chi connectivity index (χ0n) is 9.36. The maximum Gasteiger partial charge on any atom is 0.252 e. The first-order chi connectivity index (χ1) is 7.06. The van der Waals surface area contributed by atoms with E-state index in [0.717, 1.165) is 11.3 Å². The maximum atomic E-state index is 12.1. The zero-order chi connectivity index (χ0) is 11.5. The molecule has 5 heteroatoms. The van der Waals surface area contributed by atoms with E-state index in [1.807, 2.05) is 26.8 Å². The Morgan fingerprint density at radius 3 is 2.20 bits per heavy atom. The van der Waals surface area contributed by atoms with E-state index in [4.69, 9.17) is 0 Å². The van der Waals surface area contributed by atoms with Gasteiger partial charge in [-0.25, -0.2) is 8.42 Å². The van der Waals surface area contributed by atoms with Crippen molar-refractivity contribution in [2.24, 2.45) is 0 Å². The Balaban J connectivity index is 3.04. The molecule has 0 saturated carbocycles. The lowest BCUT2D eigenvalue weighted by molar-refractivity contribution is 0.447. The molecule has 0 aliphatic rings. The van der Waals surface area contributed by atoms with Crippen molar-refractivity contribution >= 4 is 21.4 Å². The van der Waals surface area contributed by atoms with E-state index in [1.54, 1.807) is 6.07 Å². The van der Waals surface area contributed by atoms with Crippen LogP contribution in [0, 0.1) is 0 Å². The highest BCUT2D eigenvalue weighted by Gasteiger charge is 2.22. The number of rotatable bonds is 5. The number of sulfonamides is 1. The Labute approximate surface area is 95.8 Å². The van der Waals surface area contributed by atoms with E-state index in [-0.39, 0.29) is 0 Å². The largest absolute Gasteiger partial charge is 0.252 e. The van der Waals surface area contributed by atoms with Crippen LogP contribution in [-0.4, -0.2) is 25.8 Å². The SMILES string of the molecule is CCc1ccc(S(=O)(=O)N(CC)CC)s1. The summed E-state index contributed by atoms with van der Waals surface area (Å²) >= 11 is 1.37. The molecule has 0 saturated heterocycles. The van der Waals surface area contributed by atoms with Crippen LogP contribution in [0.25, 0.3) is 0 Å². The minimum absolute atomic E-state index is 0.461. The number of thiophene rings is 1. The highest BCUT2D eigenvalue weighted by atomic mass is 32.2. The van der Waals surface area contributed by atoms with E-state index in [9.17, 15) is 8.42 Å². The average Bonchev–Trinajstić information content (AvgIpc) is 2.67. The summed E-state index contributed by atoms with van der Waals surface area (Å²) in [6.07, 6.45) is 0.887. The Hall–Kier alpha value is -0.390.